The molecule has 0 N–H and O–H groups in total. The predicted molar refractivity (Wildman–Crippen MR) is 73.8 cm³/mol. The SMILES string of the molecule is CCN(CC(C)C#N)CC(CC)(CC)CS. The molecule has 94 valence electrons. The van der Waals surface area contributed by atoms with E-state index in [-0.39, 0.29) is 5.92 Å². The van der Waals surface area contributed by atoms with E-state index in [4.69, 9.17) is 5.26 Å². The Morgan fingerprint density at radius 1 is 1.31 bits per heavy atom. The lowest BCUT2D eigenvalue weighted by Gasteiger charge is -2.36. The van der Waals surface area contributed by atoms with E-state index < -0.39 is 0 Å². The average molecular weight is 242 g/mol. The van der Waals surface area contributed by atoms with Gasteiger partial charge in [0.05, 0.1) is 12.0 Å². The van der Waals surface area contributed by atoms with Crippen molar-refractivity contribution in [1.29, 1.82) is 5.26 Å². The average Bonchev–Trinajstić information content (AvgIpc) is 2.34. The lowest BCUT2D eigenvalue weighted by Crippen LogP contribution is -2.40. The van der Waals surface area contributed by atoms with Crippen LogP contribution in [0.1, 0.15) is 40.5 Å². The zero-order chi connectivity index (χ0) is 12.6. The number of hydrogen-bond acceptors (Lipinski definition) is 3. The van der Waals surface area contributed by atoms with E-state index in [9.17, 15) is 0 Å². The molecule has 0 rings (SSSR count). The van der Waals surface area contributed by atoms with Crippen molar-refractivity contribution in [1.82, 2.24) is 4.90 Å². The molecular formula is C13H26N2S. The zero-order valence-corrected chi connectivity index (χ0v) is 12.1. The van der Waals surface area contributed by atoms with Crippen LogP contribution in [0.5, 0.6) is 0 Å². The van der Waals surface area contributed by atoms with Crippen molar-refractivity contribution in [3.05, 3.63) is 0 Å². The molecule has 16 heavy (non-hydrogen) atoms. The van der Waals surface area contributed by atoms with E-state index >= 15 is 0 Å². The van der Waals surface area contributed by atoms with Crippen LogP contribution in [0.4, 0.5) is 0 Å². The first-order valence-corrected chi connectivity index (χ1v) is 6.93. The number of nitriles is 1. The van der Waals surface area contributed by atoms with Gasteiger partial charge in [-0.25, -0.2) is 0 Å². The highest BCUT2D eigenvalue weighted by Gasteiger charge is 2.27. The van der Waals surface area contributed by atoms with Gasteiger partial charge in [0.2, 0.25) is 0 Å². The van der Waals surface area contributed by atoms with Crippen molar-refractivity contribution < 1.29 is 0 Å². The Labute approximate surface area is 106 Å². The number of rotatable bonds is 8. The largest absolute Gasteiger partial charge is 0.302 e. The second-order valence-electron chi connectivity index (χ2n) is 4.72. The summed E-state index contributed by atoms with van der Waals surface area (Å²) >= 11 is 4.50. The Balaban J connectivity index is 4.44. The summed E-state index contributed by atoms with van der Waals surface area (Å²) in [5.74, 6) is 1.04. The van der Waals surface area contributed by atoms with Crippen LogP contribution in [0.2, 0.25) is 0 Å². The number of thiol groups is 1. The molecule has 2 nitrogen and oxygen atoms in total. The van der Waals surface area contributed by atoms with Crippen LogP contribution in [0.25, 0.3) is 0 Å². The van der Waals surface area contributed by atoms with Gasteiger partial charge in [-0.15, -0.1) is 0 Å². The van der Waals surface area contributed by atoms with Crippen molar-refractivity contribution in [2.45, 2.75) is 40.5 Å². The predicted octanol–water partition coefficient (Wildman–Crippen LogP) is 3.20. The molecule has 0 aromatic carbocycles. The molecule has 0 aromatic rings. The van der Waals surface area contributed by atoms with E-state index in [1.807, 2.05) is 6.92 Å². The smallest absolute Gasteiger partial charge is 0.0666 e. The standard InChI is InChI=1S/C13H26N2S/c1-5-13(6-2,11-16)10-15(7-3)9-12(4)8-14/h12,16H,5-7,9-11H2,1-4H3. The molecule has 0 saturated heterocycles. The molecule has 0 aliphatic rings. The summed E-state index contributed by atoms with van der Waals surface area (Å²) in [6, 6.07) is 2.31. The molecule has 1 atom stereocenters. The second kappa shape index (κ2) is 7.97. The van der Waals surface area contributed by atoms with Gasteiger partial charge in [-0.05, 0) is 37.5 Å². The fraction of sp³-hybridized carbons (Fsp3) is 0.923. The molecule has 0 fully saturated rings. The third kappa shape index (κ3) is 4.76. The summed E-state index contributed by atoms with van der Waals surface area (Å²) in [7, 11) is 0. The third-order valence-corrected chi connectivity index (χ3v) is 4.26. The highest BCUT2D eigenvalue weighted by atomic mass is 32.1. The summed E-state index contributed by atoms with van der Waals surface area (Å²) in [6.45, 7) is 11.6. The molecule has 0 heterocycles. The van der Waals surface area contributed by atoms with Gasteiger partial charge in [0.25, 0.3) is 0 Å². The Hall–Kier alpha value is -0.200. The Bertz CT molecular complexity index is 210. The van der Waals surface area contributed by atoms with Gasteiger partial charge in [0, 0.05) is 13.1 Å². The first kappa shape index (κ1) is 15.8. The molecule has 0 bridgehead atoms. The monoisotopic (exact) mass is 242 g/mol. The maximum Gasteiger partial charge on any atom is 0.0666 e. The van der Waals surface area contributed by atoms with Gasteiger partial charge in [-0.3, -0.25) is 0 Å². The molecule has 3 heteroatoms. The third-order valence-electron chi connectivity index (χ3n) is 3.59. The van der Waals surface area contributed by atoms with E-state index in [0.29, 0.717) is 5.41 Å². The minimum absolute atomic E-state index is 0.117. The molecular weight excluding hydrogens is 216 g/mol. The summed E-state index contributed by atoms with van der Waals surface area (Å²) in [4.78, 5) is 2.39. The van der Waals surface area contributed by atoms with Crippen LogP contribution in [-0.2, 0) is 0 Å². The van der Waals surface area contributed by atoms with Crippen molar-refractivity contribution in [3.63, 3.8) is 0 Å². The molecule has 0 amide bonds. The van der Waals surface area contributed by atoms with E-state index in [2.05, 4.69) is 44.4 Å². The maximum atomic E-state index is 8.86. The minimum atomic E-state index is 0.117. The highest BCUT2D eigenvalue weighted by Crippen LogP contribution is 2.29. The van der Waals surface area contributed by atoms with Gasteiger partial charge >= 0.3 is 0 Å². The van der Waals surface area contributed by atoms with Crippen LogP contribution in [0, 0.1) is 22.7 Å². The van der Waals surface area contributed by atoms with Crippen LogP contribution in [0.15, 0.2) is 0 Å². The van der Waals surface area contributed by atoms with Gasteiger partial charge in [-0.1, -0.05) is 20.8 Å². The Morgan fingerprint density at radius 2 is 1.88 bits per heavy atom. The van der Waals surface area contributed by atoms with Crippen molar-refractivity contribution in [2.75, 3.05) is 25.4 Å². The lowest BCUT2D eigenvalue weighted by molar-refractivity contribution is 0.155. The molecule has 0 spiro atoms. The first-order valence-electron chi connectivity index (χ1n) is 6.30. The topological polar surface area (TPSA) is 27.0 Å². The quantitative estimate of drug-likeness (QED) is 0.662. The zero-order valence-electron chi connectivity index (χ0n) is 11.2. The first-order chi connectivity index (χ1) is 7.57. The summed E-state index contributed by atoms with van der Waals surface area (Å²) < 4.78 is 0. The van der Waals surface area contributed by atoms with Crippen LogP contribution >= 0.6 is 12.6 Å². The molecule has 0 aliphatic heterocycles. The van der Waals surface area contributed by atoms with Crippen LogP contribution in [-0.4, -0.2) is 30.3 Å². The number of nitrogens with zero attached hydrogens (tertiary/aromatic N) is 2. The van der Waals surface area contributed by atoms with E-state index in [1.165, 1.54) is 0 Å². The maximum absolute atomic E-state index is 8.86. The van der Waals surface area contributed by atoms with Gasteiger partial charge in [0.1, 0.15) is 0 Å². The fourth-order valence-corrected chi connectivity index (χ4v) is 2.50. The number of hydrogen-bond donors (Lipinski definition) is 1. The van der Waals surface area contributed by atoms with Gasteiger partial charge in [0.15, 0.2) is 0 Å². The van der Waals surface area contributed by atoms with Gasteiger partial charge < -0.3 is 4.90 Å². The summed E-state index contributed by atoms with van der Waals surface area (Å²) in [6.07, 6.45) is 2.31. The molecule has 0 radical (unpaired) electrons. The van der Waals surface area contributed by atoms with Crippen LogP contribution in [0.3, 0.4) is 0 Å². The van der Waals surface area contributed by atoms with E-state index in [0.717, 1.165) is 38.2 Å². The second-order valence-corrected chi connectivity index (χ2v) is 5.04. The van der Waals surface area contributed by atoms with E-state index in [1.54, 1.807) is 0 Å². The van der Waals surface area contributed by atoms with Crippen LogP contribution < -0.4 is 0 Å². The van der Waals surface area contributed by atoms with Crippen molar-refractivity contribution in [3.8, 4) is 6.07 Å². The van der Waals surface area contributed by atoms with Crippen molar-refractivity contribution in [2.24, 2.45) is 11.3 Å². The molecule has 0 aromatic heterocycles. The molecule has 1 unspecified atom stereocenters. The molecule has 0 saturated carbocycles. The minimum Gasteiger partial charge on any atom is -0.302 e. The van der Waals surface area contributed by atoms with Gasteiger partial charge in [-0.2, -0.15) is 17.9 Å². The Kier molecular flexibility index (Phi) is 7.87. The highest BCUT2D eigenvalue weighted by molar-refractivity contribution is 7.80. The summed E-state index contributed by atoms with van der Waals surface area (Å²) in [5.41, 5.74) is 0.314. The fourth-order valence-electron chi connectivity index (χ4n) is 1.96. The summed E-state index contributed by atoms with van der Waals surface area (Å²) in [5, 5.41) is 8.86. The molecule has 0 aliphatic carbocycles. The lowest BCUT2D eigenvalue weighted by atomic mass is 9.83. The van der Waals surface area contributed by atoms with Crippen molar-refractivity contribution >= 4 is 12.6 Å². The normalized spacial score (nSPS) is 13.8. The Morgan fingerprint density at radius 3 is 2.19 bits per heavy atom.